The molecule has 0 saturated heterocycles. The lowest BCUT2D eigenvalue weighted by Gasteiger charge is -2.21. The summed E-state index contributed by atoms with van der Waals surface area (Å²) in [6.07, 6.45) is 2.17. The first-order valence-electron chi connectivity index (χ1n) is 7.42. The zero-order valence-electron chi connectivity index (χ0n) is 12.1. The Morgan fingerprint density at radius 2 is 1.91 bits per heavy atom. The second kappa shape index (κ2) is 4.74. The Bertz CT molecular complexity index is 825. The van der Waals surface area contributed by atoms with E-state index >= 15 is 0 Å². The largest absolute Gasteiger partial charge is 0.506 e. The van der Waals surface area contributed by atoms with Crippen molar-refractivity contribution >= 4 is 38.9 Å². The van der Waals surface area contributed by atoms with Crippen LogP contribution in [0, 0.1) is 18.8 Å². The van der Waals surface area contributed by atoms with E-state index in [-0.39, 0.29) is 34.7 Å². The van der Waals surface area contributed by atoms with Gasteiger partial charge >= 0.3 is 0 Å². The van der Waals surface area contributed by atoms with Crippen molar-refractivity contribution in [3.05, 3.63) is 34.3 Å². The molecule has 0 radical (unpaired) electrons. The number of aliphatic hydroxyl groups is 1. The van der Waals surface area contributed by atoms with E-state index in [4.69, 9.17) is 0 Å². The van der Waals surface area contributed by atoms with Gasteiger partial charge in [0.1, 0.15) is 11.3 Å². The fourth-order valence-corrected chi connectivity index (χ4v) is 4.41. The molecule has 0 spiro atoms. The average Bonchev–Trinajstić information content (AvgIpc) is 3.14. The first-order valence-corrected chi connectivity index (χ1v) is 8.30. The summed E-state index contributed by atoms with van der Waals surface area (Å²) in [5.74, 6) is -0.728. The molecule has 2 bridgehead atoms. The van der Waals surface area contributed by atoms with Crippen molar-refractivity contribution in [2.75, 3.05) is 0 Å². The number of benzene rings is 1. The molecule has 0 aliphatic heterocycles. The number of carbonyl (C=O) groups is 2. The fourth-order valence-electron chi connectivity index (χ4n) is 3.68. The van der Waals surface area contributed by atoms with Crippen LogP contribution in [0.15, 0.2) is 23.2 Å². The molecule has 2 aliphatic carbocycles. The molecule has 4 rings (SSSR count). The third-order valence-electron chi connectivity index (χ3n) is 4.91. The SMILES string of the molecule is Cc1c(C(O)=C2C(=O)C3CCC(C3)C2=O)ccc2scnc12. The normalized spacial score (nSPS) is 24.3. The van der Waals surface area contributed by atoms with Gasteiger partial charge in [0.05, 0.1) is 15.7 Å². The number of hydrogen-bond acceptors (Lipinski definition) is 5. The summed E-state index contributed by atoms with van der Waals surface area (Å²) in [6, 6.07) is 3.65. The van der Waals surface area contributed by atoms with Crippen molar-refractivity contribution in [2.24, 2.45) is 11.8 Å². The second-order valence-electron chi connectivity index (χ2n) is 6.10. The van der Waals surface area contributed by atoms with Gasteiger partial charge in [-0.25, -0.2) is 4.98 Å². The van der Waals surface area contributed by atoms with Crippen LogP contribution < -0.4 is 0 Å². The van der Waals surface area contributed by atoms with Crippen LogP contribution >= 0.6 is 11.3 Å². The molecule has 1 aromatic carbocycles. The maximum absolute atomic E-state index is 12.5. The van der Waals surface area contributed by atoms with Crippen molar-refractivity contribution in [1.82, 2.24) is 4.98 Å². The summed E-state index contributed by atoms with van der Waals surface area (Å²) in [6.45, 7) is 1.86. The Hall–Kier alpha value is -2.01. The van der Waals surface area contributed by atoms with Crippen molar-refractivity contribution in [1.29, 1.82) is 0 Å². The second-order valence-corrected chi connectivity index (χ2v) is 6.98. The van der Waals surface area contributed by atoms with E-state index in [0.717, 1.165) is 28.6 Å². The van der Waals surface area contributed by atoms with Gasteiger partial charge < -0.3 is 5.11 Å². The highest BCUT2D eigenvalue weighted by Gasteiger charge is 2.45. The number of carbonyl (C=O) groups excluding carboxylic acids is 2. The maximum Gasteiger partial charge on any atom is 0.173 e. The molecule has 112 valence electrons. The molecule has 22 heavy (non-hydrogen) atoms. The summed E-state index contributed by atoms with van der Waals surface area (Å²) in [7, 11) is 0. The van der Waals surface area contributed by atoms with E-state index in [2.05, 4.69) is 4.98 Å². The number of aryl methyl sites for hydroxylation is 1. The predicted octanol–water partition coefficient (Wildman–Crippen LogP) is 3.44. The zero-order chi connectivity index (χ0) is 15.4. The molecule has 4 nitrogen and oxygen atoms in total. The van der Waals surface area contributed by atoms with Gasteiger partial charge in [-0.15, -0.1) is 11.3 Å². The van der Waals surface area contributed by atoms with Crippen LogP contribution in [0.4, 0.5) is 0 Å². The molecule has 2 saturated carbocycles. The lowest BCUT2D eigenvalue weighted by Crippen LogP contribution is -2.30. The van der Waals surface area contributed by atoms with Gasteiger partial charge in [-0.1, -0.05) is 0 Å². The third kappa shape index (κ3) is 1.78. The smallest absolute Gasteiger partial charge is 0.173 e. The standard InChI is InChI=1S/C17H15NO3S/c1-8-11(4-5-12-14(8)18-7-22-12)17(21)13-15(19)9-2-3-10(6-9)16(13)20/h4-5,7,9-10,21H,2-3,6H2,1H3. The van der Waals surface area contributed by atoms with Gasteiger partial charge in [-0.05, 0) is 43.9 Å². The molecule has 2 unspecified atom stereocenters. The molecule has 2 aliphatic rings. The first kappa shape index (κ1) is 13.6. The van der Waals surface area contributed by atoms with Crippen molar-refractivity contribution in [3.8, 4) is 0 Å². The lowest BCUT2D eigenvalue weighted by molar-refractivity contribution is -0.127. The van der Waals surface area contributed by atoms with Crippen LogP contribution in [-0.2, 0) is 9.59 Å². The van der Waals surface area contributed by atoms with Crippen molar-refractivity contribution in [3.63, 3.8) is 0 Å². The lowest BCUT2D eigenvalue weighted by atomic mass is 9.81. The summed E-state index contributed by atoms with van der Waals surface area (Å²) in [4.78, 5) is 29.3. The summed E-state index contributed by atoms with van der Waals surface area (Å²) in [5.41, 5.74) is 3.92. The fraction of sp³-hybridized carbons (Fsp3) is 0.353. The van der Waals surface area contributed by atoms with E-state index in [1.54, 1.807) is 11.6 Å². The molecule has 1 aromatic heterocycles. The van der Waals surface area contributed by atoms with Gasteiger partial charge in [-0.3, -0.25) is 9.59 Å². The van der Waals surface area contributed by atoms with Crippen LogP contribution in [0.25, 0.3) is 16.0 Å². The highest BCUT2D eigenvalue weighted by atomic mass is 32.1. The molecule has 1 heterocycles. The van der Waals surface area contributed by atoms with Crippen molar-refractivity contribution < 1.29 is 14.7 Å². The average molecular weight is 313 g/mol. The van der Waals surface area contributed by atoms with Gasteiger partial charge in [0, 0.05) is 17.4 Å². The summed E-state index contributed by atoms with van der Waals surface area (Å²) < 4.78 is 1.03. The monoisotopic (exact) mass is 313 g/mol. The Kier molecular flexibility index (Phi) is 2.94. The number of ketones is 2. The number of thiazole rings is 1. The number of hydrogen-bond donors (Lipinski definition) is 1. The van der Waals surface area contributed by atoms with E-state index in [1.165, 1.54) is 11.3 Å². The van der Waals surface area contributed by atoms with Gasteiger partial charge in [0.25, 0.3) is 0 Å². The first-order chi connectivity index (χ1) is 10.6. The van der Waals surface area contributed by atoms with Crippen LogP contribution in [0.3, 0.4) is 0 Å². The highest BCUT2D eigenvalue weighted by molar-refractivity contribution is 7.16. The molecular formula is C17H15NO3S. The molecule has 2 atom stereocenters. The van der Waals surface area contributed by atoms with Gasteiger partial charge in [-0.2, -0.15) is 0 Å². The zero-order valence-corrected chi connectivity index (χ0v) is 12.9. The topological polar surface area (TPSA) is 67.3 Å². The number of aliphatic hydroxyl groups excluding tert-OH is 1. The Morgan fingerprint density at radius 1 is 1.23 bits per heavy atom. The van der Waals surface area contributed by atoms with E-state index in [9.17, 15) is 14.7 Å². The number of rotatable bonds is 1. The van der Waals surface area contributed by atoms with Gasteiger partial charge in [0.2, 0.25) is 0 Å². The predicted molar refractivity (Wildman–Crippen MR) is 84.8 cm³/mol. The minimum absolute atomic E-state index is 0.0106. The maximum atomic E-state index is 12.5. The van der Waals surface area contributed by atoms with Crippen LogP contribution in [0.1, 0.15) is 30.4 Å². The minimum atomic E-state index is -0.186. The quantitative estimate of drug-likeness (QED) is 0.497. The van der Waals surface area contributed by atoms with Crippen LogP contribution in [-0.4, -0.2) is 21.7 Å². The number of aromatic nitrogens is 1. The third-order valence-corrected chi connectivity index (χ3v) is 5.71. The number of fused-ring (bicyclic) bond motifs is 3. The Balaban J connectivity index is 1.91. The summed E-state index contributed by atoms with van der Waals surface area (Å²) in [5, 5.41) is 10.6. The molecular weight excluding hydrogens is 298 g/mol. The minimum Gasteiger partial charge on any atom is -0.506 e. The van der Waals surface area contributed by atoms with Crippen molar-refractivity contribution in [2.45, 2.75) is 26.2 Å². The van der Waals surface area contributed by atoms with E-state index in [0.29, 0.717) is 12.0 Å². The Labute approximate surface area is 131 Å². The number of Topliss-reactive ketones (excluding diaryl/α,β-unsaturated/α-hetero) is 2. The summed E-state index contributed by atoms with van der Waals surface area (Å²) >= 11 is 1.53. The molecule has 2 fully saturated rings. The number of allylic oxidation sites excluding steroid dienone is 1. The molecule has 0 amide bonds. The number of nitrogens with zero attached hydrogens (tertiary/aromatic N) is 1. The highest BCUT2D eigenvalue weighted by Crippen LogP contribution is 2.42. The van der Waals surface area contributed by atoms with Gasteiger partial charge in [0.15, 0.2) is 11.6 Å². The Morgan fingerprint density at radius 3 is 2.59 bits per heavy atom. The van der Waals surface area contributed by atoms with E-state index in [1.807, 2.05) is 13.0 Å². The molecule has 5 heteroatoms. The van der Waals surface area contributed by atoms with Crippen LogP contribution in [0.5, 0.6) is 0 Å². The van der Waals surface area contributed by atoms with E-state index < -0.39 is 0 Å². The van der Waals surface area contributed by atoms with Crippen LogP contribution in [0.2, 0.25) is 0 Å². The molecule has 2 aromatic rings. The molecule has 1 N–H and O–H groups in total.